The second kappa shape index (κ2) is 6.15. The lowest BCUT2D eigenvalue weighted by Crippen LogP contribution is -2.37. The van der Waals surface area contributed by atoms with Crippen LogP contribution in [0.25, 0.3) is 11.0 Å². The van der Waals surface area contributed by atoms with E-state index in [0.717, 1.165) is 11.1 Å². The molecule has 0 bridgehead atoms. The van der Waals surface area contributed by atoms with Gasteiger partial charge in [0.25, 0.3) is 5.95 Å². The van der Waals surface area contributed by atoms with Crippen LogP contribution >= 0.6 is 0 Å². The van der Waals surface area contributed by atoms with Gasteiger partial charge >= 0.3 is 0 Å². The molecule has 3 rings (SSSR count). The molecule has 2 atom stereocenters. The molecule has 5 heteroatoms. The average Bonchev–Trinajstić information content (AvgIpc) is 2.90. The first-order valence-corrected chi connectivity index (χ1v) is 8.30. The van der Waals surface area contributed by atoms with Crippen molar-refractivity contribution in [3.8, 4) is 5.95 Å². The Kier molecular flexibility index (Phi) is 4.29. The van der Waals surface area contributed by atoms with Gasteiger partial charge < -0.3 is 14.3 Å². The summed E-state index contributed by atoms with van der Waals surface area (Å²) in [5.74, 6) is -0.653. The van der Waals surface area contributed by atoms with E-state index >= 15 is 0 Å². The summed E-state index contributed by atoms with van der Waals surface area (Å²) in [6.07, 6.45) is 1.41. The lowest BCUT2D eigenvalue weighted by atomic mass is 9.81. The molecule has 0 saturated carbocycles. The van der Waals surface area contributed by atoms with Gasteiger partial charge in [-0.2, -0.15) is 0 Å². The van der Waals surface area contributed by atoms with Gasteiger partial charge in [-0.25, -0.2) is 0 Å². The molecule has 1 aliphatic heterocycles. The molecule has 0 saturated heterocycles. The van der Waals surface area contributed by atoms with Gasteiger partial charge in [0.2, 0.25) is 5.43 Å². The van der Waals surface area contributed by atoms with Gasteiger partial charge in [-0.05, 0) is 45.4 Å². The maximum absolute atomic E-state index is 13.0. The predicted octanol–water partition coefficient (Wildman–Crippen LogP) is 3.25. The molecule has 1 aromatic carbocycles. The lowest BCUT2D eigenvalue weighted by Gasteiger charge is -2.27. The number of benzene rings is 1. The van der Waals surface area contributed by atoms with E-state index < -0.39 is 11.5 Å². The summed E-state index contributed by atoms with van der Waals surface area (Å²) in [5, 5.41) is 11.4. The highest BCUT2D eigenvalue weighted by atomic mass is 16.6. The number of ketones is 1. The molecule has 0 amide bonds. The Hall–Kier alpha value is -2.40. The Balaban J connectivity index is 2.07. The zero-order valence-electron chi connectivity index (χ0n) is 14.9. The molecule has 132 valence electrons. The molecule has 1 aliphatic rings. The highest BCUT2D eigenvalue weighted by Crippen LogP contribution is 2.41. The van der Waals surface area contributed by atoms with Crippen molar-refractivity contribution in [2.24, 2.45) is 0 Å². The highest BCUT2D eigenvalue weighted by molar-refractivity contribution is 5.91. The molecule has 2 unspecified atom stereocenters. The number of carbonyl (C=O) groups excluding carboxylic acids is 1. The summed E-state index contributed by atoms with van der Waals surface area (Å²) in [5.41, 5.74) is 0.845. The Morgan fingerprint density at radius 1 is 1.40 bits per heavy atom. The minimum atomic E-state index is -1.40. The average molecular weight is 342 g/mol. The van der Waals surface area contributed by atoms with Crippen molar-refractivity contribution in [1.29, 1.82) is 0 Å². The molecule has 2 heterocycles. The third kappa shape index (κ3) is 3.12. The number of rotatable bonds is 4. The summed E-state index contributed by atoms with van der Waals surface area (Å²) in [4.78, 5) is 25.1. The Morgan fingerprint density at radius 3 is 2.80 bits per heavy atom. The molecule has 0 radical (unpaired) electrons. The summed E-state index contributed by atoms with van der Waals surface area (Å²) in [6, 6.07) is 5.37. The molecule has 2 aromatic rings. The second-order valence-corrected chi connectivity index (χ2v) is 7.17. The van der Waals surface area contributed by atoms with E-state index in [9.17, 15) is 14.7 Å². The van der Waals surface area contributed by atoms with Gasteiger partial charge in [-0.1, -0.05) is 17.7 Å². The van der Waals surface area contributed by atoms with Crippen molar-refractivity contribution in [2.45, 2.75) is 45.6 Å². The first-order chi connectivity index (χ1) is 11.7. The molecule has 5 nitrogen and oxygen atoms in total. The van der Waals surface area contributed by atoms with Crippen LogP contribution in [-0.2, 0) is 4.79 Å². The smallest absolute Gasteiger partial charge is 0.292 e. The normalized spacial score (nSPS) is 18.4. The van der Waals surface area contributed by atoms with Gasteiger partial charge in [-0.3, -0.25) is 9.59 Å². The predicted molar refractivity (Wildman–Crippen MR) is 95.1 cm³/mol. The molecule has 1 N–H and O–H groups in total. The Bertz CT molecular complexity index is 929. The van der Waals surface area contributed by atoms with Gasteiger partial charge in [0, 0.05) is 6.42 Å². The number of hydrogen-bond donors (Lipinski definition) is 1. The van der Waals surface area contributed by atoms with Gasteiger partial charge in [0.1, 0.15) is 12.2 Å². The van der Waals surface area contributed by atoms with E-state index in [4.69, 9.17) is 9.15 Å². The van der Waals surface area contributed by atoms with Gasteiger partial charge in [0.15, 0.2) is 5.78 Å². The number of fused-ring (bicyclic) bond motifs is 2. The third-order valence-electron chi connectivity index (χ3n) is 4.59. The van der Waals surface area contributed by atoms with E-state index in [1.807, 2.05) is 32.9 Å². The highest BCUT2D eigenvalue weighted by Gasteiger charge is 2.43. The number of aliphatic hydroxyl groups is 1. The van der Waals surface area contributed by atoms with Crippen molar-refractivity contribution >= 4 is 16.8 Å². The standard InChI is InChI=1S/C20H22O5/c1-11(2)8-13(21)9-20(4,23)14-10-24-19-17(14)18(22)16-12(3)6-5-7-15(16)25-19/h5-8,14,23H,9-10H2,1-4H3. The first kappa shape index (κ1) is 17.4. The first-order valence-electron chi connectivity index (χ1n) is 8.30. The number of ether oxygens (including phenoxy) is 1. The SMILES string of the molecule is CC(C)=CC(=O)CC(C)(O)C1COc2oc3cccc(C)c3c(=O)c21. The monoisotopic (exact) mass is 342 g/mol. The van der Waals surface area contributed by atoms with Crippen molar-refractivity contribution in [1.82, 2.24) is 0 Å². The van der Waals surface area contributed by atoms with E-state index in [0.29, 0.717) is 16.5 Å². The third-order valence-corrected chi connectivity index (χ3v) is 4.59. The number of carbonyl (C=O) groups is 1. The summed E-state index contributed by atoms with van der Waals surface area (Å²) < 4.78 is 11.3. The van der Waals surface area contributed by atoms with Crippen molar-refractivity contribution in [3.05, 3.63) is 51.2 Å². The van der Waals surface area contributed by atoms with Crippen molar-refractivity contribution in [2.75, 3.05) is 6.61 Å². The molecule has 0 aliphatic carbocycles. The van der Waals surface area contributed by atoms with E-state index in [-0.39, 0.29) is 30.2 Å². The maximum Gasteiger partial charge on any atom is 0.292 e. The van der Waals surface area contributed by atoms with Crippen LogP contribution in [0.3, 0.4) is 0 Å². The van der Waals surface area contributed by atoms with Gasteiger partial charge in [0.05, 0.1) is 22.5 Å². The number of allylic oxidation sites excluding steroid dienone is 2. The van der Waals surface area contributed by atoms with Crippen LogP contribution in [0.1, 0.15) is 44.2 Å². The maximum atomic E-state index is 13.0. The molecular weight excluding hydrogens is 320 g/mol. The topological polar surface area (TPSA) is 76.7 Å². The molecule has 0 spiro atoms. The zero-order valence-corrected chi connectivity index (χ0v) is 14.9. The van der Waals surface area contributed by atoms with Crippen molar-refractivity contribution in [3.63, 3.8) is 0 Å². The Labute approximate surface area is 145 Å². The van der Waals surface area contributed by atoms with E-state index in [1.165, 1.54) is 6.08 Å². The molecular formula is C20H22O5. The van der Waals surface area contributed by atoms with Crippen LogP contribution in [0.2, 0.25) is 0 Å². The van der Waals surface area contributed by atoms with Crippen molar-refractivity contribution < 1.29 is 19.1 Å². The van der Waals surface area contributed by atoms with Crippen LogP contribution < -0.4 is 10.2 Å². The van der Waals surface area contributed by atoms with Gasteiger partial charge in [-0.15, -0.1) is 0 Å². The number of hydrogen-bond acceptors (Lipinski definition) is 5. The fourth-order valence-electron chi connectivity index (χ4n) is 3.39. The fraction of sp³-hybridized carbons (Fsp3) is 0.400. The largest absolute Gasteiger partial charge is 0.464 e. The number of aryl methyl sites for hydroxylation is 1. The quantitative estimate of drug-likeness (QED) is 0.863. The minimum absolute atomic E-state index is 0.0864. The second-order valence-electron chi connectivity index (χ2n) is 7.17. The fourth-order valence-corrected chi connectivity index (χ4v) is 3.39. The van der Waals surface area contributed by atoms with Crippen LogP contribution in [0, 0.1) is 6.92 Å². The minimum Gasteiger partial charge on any atom is -0.464 e. The lowest BCUT2D eigenvalue weighted by molar-refractivity contribution is -0.119. The molecule has 25 heavy (non-hydrogen) atoms. The molecule has 1 aromatic heterocycles. The molecule has 0 fully saturated rings. The zero-order chi connectivity index (χ0) is 18.4. The van der Waals surface area contributed by atoms with Crippen LogP contribution in [0.4, 0.5) is 0 Å². The van der Waals surface area contributed by atoms with Crippen LogP contribution in [0.5, 0.6) is 5.95 Å². The Morgan fingerprint density at radius 2 is 2.12 bits per heavy atom. The summed E-state index contributed by atoms with van der Waals surface area (Å²) >= 11 is 0. The van der Waals surface area contributed by atoms with Crippen LogP contribution in [0.15, 0.2) is 39.1 Å². The van der Waals surface area contributed by atoms with Crippen LogP contribution in [-0.4, -0.2) is 23.1 Å². The van der Waals surface area contributed by atoms with E-state index in [1.54, 1.807) is 13.0 Å². The van der Waals surface area contributed by atoms with E-state index in [2.05, 4.69) is 0 Å². The summed E-state index contributed by atoms with van der Waals surface area (Å²) in [6.45, 7) is 7.16. The summed E-state index contributed by atoms with van der Waals surface area (Å²) in [7, 11) is 0.